The van der Waals surface area contributed by atoms with Crippen molar-refractivity contribution in [3.05, 3.63) is 56.7 Å². The molecule has 0 N–H and O–H groups in total. The van der Waals surface area contributed by atoms with Crippen LogP contribution in [0.25, 0.3) is 0 Å². The number of rotatable bonds is 4. The second-order valence-corrected chi connectivity index (χ2v) is 6.49. The Hall–Kier alpha value is -2.00. The fourth-order valence-corrected chi connectivity index (χ4v) is 2.86. The van der Waals surface area contributed by atoms with Crippen LogP contribution >= 0.6 is 15.9 Å². The summed E-state index contributed by atoms with van der Waals surface area (Å²) in [5, 5.41) is 10.6. The molecule has 0 saturated carbocycles. The van der Waals surface area contributed by atoms with Crippen LogP contribution < -0.4 is 4.18 Å². The minimum atomic E-state index is -4.05. The summed E-state index contributed by atoms with van der Waals surface area (Å²) in [5.41, 5.74) is 0.630. The lowest BCUT2D eigenvalue weighted by atomic mass is 10.2. The molecule has 21 heavy (non-hydrogen) atoms. The third-order valence-electron chi connectivity index (χ3n) is 2.50. The Labute approximate surface area is 129 Å². The summed E-state index contributed by atoms with van der Waals surface area (Å²) in [6.07, 6.45) is 0.921. The van der Waals surface area contributed by atoms with Gasteiger partial charge in [-0.15, -0.1) is 0 Å². The highest BCUT2D eigenvalue weighted by Crippen LogP contribution is 2.28. The third kappa shape index (κ3) is 3.56. The zero-order chi connectivity index (χ0) is 15.6. The number of halogens is 1. The molecule has 0 amide bonds. The van der Waals surface area contributed by atoms with E-state index >= 15 is 0 Å². The molecule has 0 bridgehead atoms. The molecule has 0 aliphatic heterocycles. The zero-order valence-corrected chi connectivity index (χ0v) is 13.1. The molecule has 7 nitrogen and oxygen atoms in total. The van der Waals surface area contributed by atoms with E-state index in [0.29, 0.717) is 0 Å². The molecule has 1 aromatic carbocycles. The molecule has 0 unspecified atom stereocenters. The van der Waals surface area contributed by atoms with E-state index in [1.54, 1.807) is 12.1 Å². The fraction of sp³-hybridized carbons (Fsp3) is 0.0833. The summed E-state index contributed by atoms with van der Waals surface area (Å²) in [7, 11) is -4.05. The largest absolute Gasteiger partial charge is 0.357 e. The molecule has 0 saturated heterocycles. The van der Waals surface area contributed by atoms with Gasteiger partial charge in [0.15, 0.2) is 0 Å². The molecule has 0 aliphatic carbocycles. The highest BCUT2D eigenvalue weighted by atomic mass is 79.9. The van der Waals surface area contributed by atoms with Gasteiger partial charge >= 0.3 is 10.1 Å². The Balaban J connectivity index is 2.32. The quantitative estimate of drug-likeness (QED) is 0.464. The summed E-state index contributed by atoms with van der Waals surface area (Å²) in [5.74, 6) is -0.263. The Kier molecular flexibility index (Phi) is 4.24. The van der Waals surface area contributed by atoms with Crippen molar-refractivity contribution in [1.82, 2.24) is 4.98 Å². The van der Waals surface area contributed by atoms with Gasteiger partial charge < -0.3 is 4.18 Å². The number of aromatic nitrogens is 1. The Morgan fingerprint density at radius 1 is 1.29 bits per heavy atom. The van der Waals surface area contributed by atoms with Gasteiger partial charge in [-0.25, -0.2) is 4.98 Å². The highest BCUT2D eigenvalue weighted by Gasteiger charge is 2.20. The Morgan fingerprint density at radius 3 is 2.43 bits per heavy atom. The van der Waals surface area contributed by atoms with E-state index in [2.05, 4.69) is 20.9 Å². The number of benzene rings is 1. The molecule has 2 aromatic rings. The van der Waals surface area contributed by atoms with Crippen molar-refractivity contribution in [2.45, 2.75) is 11.8 Å². The normalized spacial score (nSPS) is 11.1. The SMILES string of the molecule is Cc1ccc(S(=O)(=O)Oc2ncc([N+](=O)[O-])cc2Br)cc1. The summed E-state index contributed by atoms with van der Waals surface area (Å²) >= 11 is 3.00. The molecule has 0 spiro atoms. The van der Waals surface area contributed by atoms with Crippen molar-refractivity contribution in [2.75, 3.05) is 0 Å². The summed E-state index contributed by atoms with van der Waals surface area (Å²) in [4.78, 5) is 13.6. The maximum Gasteiger partial charge on any atom is 0.340 e. The average Bonchev–Trinajstić information content (AvgIpc) is 2.41. The maximum absolute atomic E-state index is 12.1. The molecule has 0 fully saturated rings. The first-order chi connectivity index (χ1) is 9.79. The van der Waals surface area contributed by atoms with E-state index in [-0.39, 0.29) is 20.9 Å². The van der Waals surface area contributed by atoms with Gasteiger partial charge in [-0.05, 0) is 35.0 Å². The lowest BCUT2D eigenvalue weighted by Gasteiger charge is -2.07. The first kappa shape index (κ1) is 15.4. The zero-order valence-electron chi connectivity index (χ0n) is 10.7. The van der Waals surface area contributed by atoms with E-state index in [4.69, 9.17) is 4.18 Å². The maximum atomic E-state index is 12.1. The van der Waals surface area contributed by atoms with E-state index in [1.807, 2.05) is 6.92 Å². The predicted molar refractivity (Wildman–Crippen MR) is 77.6 cm³/mol. The van der Waals surface area contributed by atoms with Gasteiger partial charge in [-0.1, -0.05) is 17.7 Å². The van der Waals surface area contributed by atoms with Crippen LogP contribution in [-0.2, 0) is 10.1 Å². The second kappa shape index (κ2) is 5.78. The number of pyridine rings is 1. The first-order valence-corrected chi connectivity index (χ1v) is 7.81. The minimum absolute atomic E-state index is 0.0276. The topological polar surface area (TPSA) is 99.4 Å². The fourth-order valence-electron chi connectivity index (χ4n) is 1.43. The van der Waals surface area contributed by atoms with Gasteiger partial charge in [0.1, 0.15) is 11.1 Å². The van der Waals surface area contributed by atoms with Crippen LogP contribution in [0.2, 0.25) is 0 Å². The van der Waals surface area contributed by atoms with Gasteiger partial charge in [0, 0.05) is 6.07 Å². The van der Waals surface area contributed by atoms with Gasteiger partial charge in [-0.2, -0.15) is 8.42 Å². The average molecular weight is 373 g/mol. The monoisotopic (exact) mass is 372 g/mol. The van der Waals surface area contributed by atoms with E-state index in [9.17, 15) is 18.5 Å². The number of nitro groups is 1. The standard InChI is InChI=1S/C12H9BrN2O5S/c1-8-2-4-10(5-3-8)21(18,19)20-12-11(13)6-9(7-14-12)15(16)17/h2-7H,1H3. The van der Waals surface area contributed by atoms with Crippen LogP contribution in [0.3, 0.4) is 0 Å². The van der Waals surface area contributed by atoms with E-state index in [0.717, 1.165) is 17.8 Å². The lowest BCUT2D eigenvalue weighted by Crippen LogP contribution is -2.11. The second-order valence-electron chi connectivity index (χ2n) is 4.09. The summed E-state index contributed by atoms with van der Waals surface area (Å²) in [6.45, 7) is 1.83. The highest BCUT2D eigenvalue weighted by molar-refractivity contribution is 9.10. The number of hydrogen-bond donors (Lipinski definition) is 0. The molecule has 2 rings (SSSR count). The van der Waals surface area contributed by atoms with Crippen LogP contribution in [0.4, 0.5) is 5.69 Å². The lowest BCUT2D eigenvalue weighted by molar-refractivity contribution is -0.385. The van der Waals surface area contributed by atoms with Gasteiger partial charge in [0.05, 0.1) is 9.40 Å². The Morgan fingerprint density at radius 2 is 1.90 bits per heavy atom. The minimum Gasteiger partial charge on any atom is -0.357 e. The molecular formula is C12H9BrN2O5S. The number of hydrogen-bond acceptors (Lipinski definition) is 6. The molecule has 1 heterocycles. The van der Waals surface area contributed by atoms with Crippen LogP contribution in [-0.4, -0.2) is 18.3 Å². The predicted octanol–water partition coefficient (Wildman–Crippen LogP) is 2.83. The molecule has 0 atom stereocenters. The van der Waals surface area contributed by atoms with Crippen LogP contribution in [0.1, 0.15) is 5.56 Å². The Bertz CT molecular complexity index is 790. The number of nitrogens with zero attached hydrogens (tertiary/aromatic N) is 2. The van der Waals surface area contributed by atoms with Gasteiger partial charge in [0.25, 0.3) is 5.69 Å². The smallest absolute Gasteiger partial charge is 0.340 e. The van der Waals surface area contributed by atoms with Crippen molar-refractivity contribution < 1.29 is 17.5 Å². The van der Waals surface area contributed by atoms with Crippen molar-refractivity contribution >= 4 is 31.7 Å². The van der Waals surface area contributed by atoms with Crippen molar-refractivity contribution in [3.63, 3.8) is 0 Å². The van der Waals surface area contributed by atoms with Crippen LogP contribution in [0, 0.1) is 17.0 Å². The van der Waals surface area contributed by atoms with Crippen LogP contribution in [0.15, 0.2) is 45.9 Å². The molecule has 1 aromatic heterocycles. The van der Waals surface area contributed by atoms with E-state index in [1.165, 1.54) is 12.1 Å². The van der Waals surface area contributed by atoms with Gasteiger partial charge in [0.2, 0.25) is 5.88 Å². The van der Waals surface area contributed by atoms with Gasteiger partial charge in [-0.3, -0.25) is 10.1 Å². The molecular weight excluding hydrogens is 364 g/mol. The molecule has 0 radical (unpaired) electrons. The number of aryl methyl sites for hydroxylation is 1. The molecule has 110 valence electrons. The first-order valence-electron chi connectivity index (χ1n) is 5.61. The van der Waals surface area contributed by atoms with Crippen molar-refractivity contribution in [2.24, 2.45) is 0 Å². The molecule has 0 aliphatic rings. The van der Waals surface area contributed by atoms with Crippen molar-refractivity contribution in [1.29, 1.82) is 0 Å². The van der Waals surface area contributed by atoms with Crippen LogP contribution in [0.5, 0.6) is 5.88 Å². The summed E-state index contributed by atoms with van der Waals surface area (Å²) in [6, 6.07) is 7.20. The van der Waals surface area contributed by atoms with Crippen molar-refractivity contribution in [3.8, 4) is 5.88 Å². The molecule has 9 heteroatoms. The summed E-state index contributed by atoms with van der Waals surface area (Å²) < 4.78 is 29.1. The third-order valence-corrected chi connectivity index (χ3v) is 4.30. The van der Waals surface area contributed by atoms with E-state index < -0.39 is 15.0 Å².